The molecule has 2 fully saturated rings. The van der Waals surface area contributed by atoms with Crippen LogP contribution in [0, 0.1) is 28.6 Å². The number of carbonyl (C=O) groups excluding carboxylic acids is 1. The second-order valence-electron chi connectivity index (χ2n) is 10.9. The van der Waals surface area contributed by atoms with Gasteiger partial charge in [-0.25, -0.2) is 0 Å². The molecule has 1 aromatic heterocycles. The van der Waals surface area contributed by atoms with Crippen molar-refractivity contribution in [2.75, 3.05) is 0 Å². The third-order valence-electron chi connectivity index (χ3n) is 9.27. The fourth-order valence-electron chi connectivity index (χ4n) is 7.54. The average Bonchev–Trinajstić information content (AvgIpc) is 3.11. The summed E-state index contributed by atoms with van der Waals surface area (Å²) in [7, 11) is 0. The summed E-state index contributed by atoms with van der Waals surface area (Å²) in [4.78, 5) is 16.4. The number of rotatable bonds is 3. The predicted molar refractivity (Wildman–Crippen MR) is 123 cm³/mol. The summed E-state index contributed by atoms with van der Waals surface area (Å²) in [5.41, 5.74) is 10.6. The quantitative estimate of drug-likeness (QED) is 0.532. The summed E-state index contributed by atoms with van der Waals surface area (Å²) < 4.78 is 5.71. The van der Waals surface area contributed by atoms with Crippen LogP contribution in [-0.2, 0) is 9.53 Å². The fraction of sp³-hybridized carbons (Fsp3) is 0.630. The first-order valence-corrected chi connectivity index (χ1v) is 12.1. The minimum Gasteiger partial charge on any atom is -0.461 e. The van der Waals surface area contributed by atoms with E-state index < -0.39 is 6.04 Å². The summed E-state index contributed by atoms with van der Waals surface area (Å²) in [6.07, 6.45) is 16.8. The molecule has 0 bridgehead atoms. The summed E-state index contributed by atoms with van der Waals surface area (Å²) in [5, 5.41) is 0. The molecule has 7 atom stereocenters. The van der Waals surface area contributed by atoms with Gasteiger partial charge in [0.25, 0.3) is 0 Å². The number of hydrogen-bond donors (Lipinski definition) is 1. The highest BCUT2D eigenvalue weighted by atomic mass is 16.5. The molecule has 4 aliphatic carbocycles. The Bertz CT molecular complexity index is 920. The Balaban J connectivity index is 1.37. The molecule has 31 heavy (non-hydrogen) atoms. The smallest absolute Gasteiger partial charge is 0.322 e. The molecule has 4 nitrogen and oxygen atoms in total. The third-order valence-corrected chi connectivity index (χ3v) is 9.27. The van der Waals surface area contributed by atoms with Crippen molar-refractivity contribution in [1.82, 2.24) is 4.98 Å². The number of carbonyl (C=O) groups is 1. The van der Waals surface area contributed by atoms with Crippen LogP contribution in [0.3, 0.4) is 0 Å². The zero-order valence-electron chi connectivity index (χ0n) is 19.1. The van der Waals surface area contributed by atoms with Crippen LogP contribution >= 0.6 is 0 Å². The standard InChI is InChI=1S/C27H36N2O2/c1-17(28)25(30)31-20-10-12-26(2)19(15-20)6-7-21-23-9-8-22(18-5-4-14-29-16-18)27(23,3)13-11-24(21)26/h4-6,8,14,16-17,20-21,23-24H,7,9-13,15,28H2,1-3H3/t17?,20-,21-,23-,24-,26-,27+/m0/s1. The molecule has 0 aliphatic heterocycles. The third kappa shape index (κ3) is 3.29. The molecule has 4 aliphatic rings. The Morgan fingerprint density at radius 3 is 2.71 bits per heavy atom. The first kappa shape index (κ1) is 20.9. The minimum absolute atomic E-state index is 0.00596. The van der Waals surface area contributed by atoms with Crippen LogP contribution in [0.2, 0.25) is 0 Å². The Morgan fingerprint density at radius 1 is 1.16 bits per heavy atom. The van der Waals surface area contributed by atoms with Gasteiger partial charge in [0.1, 0.15) is 12.1 Å². The van der Waals surface area contributed by atoms with Crippen molar-refractivity contribution in [2.24, 2.45) is 34.3 Å². The predicted octanol–water partition coefficient (Wildman–Crippen LogP) is 5.30. The molecular weight excluding hydrogens is 384 g/mol. The SMILES string of the molecule is CC(N)C(=O)O[C@H]1CC[C@@]2(C)C(=CC[C@@H]3[C@@H]2CC[C@]2(C)C(c4cccnc4)=CC[C@@H]32)C1. The molecule has 0 saturated heterocycles. The topological polar surface area (TPSA) is 65.2 Å². The molecule has 0 spiro atoms. The van der Waals surface area contributed by atoms with Gasteiger partial charge in [0, 0.05) is 18.8 Å². The van der Waals surface area contributed by atoms with Gasteiger partial charge in [-0.1, -0.05) is 37.6 Å². The highest BCUT2D eigenvalue weighted by Crippen LogP contribution is 2.66. The number of pyridine rings is 1. The number of nitrogens with two attached hydrogens (primary N) is 1. The molecule has 166 valence electrons. The summed E-state index contributed by atoms with van der Waals surface area (Å²) in [5.74, 6) is 1.92. The lowest BCUT2D eigenvalue weighted by Gasteiger charge is -2.57. The van der Waals surface area contributed by atoms with Gasteiger partial charge < -0.3 is 10.5 Å². The van der Waals surface area contributed by atoms with E-state index in [9.17, 15) is 4.79 Å². The van der Waals surface area contributed by atoms with Gasteiger partial charge in [0.05, 0.1) is 0 Å². The Kier molecular flexibility index (Phi) is 5.12. The van der Waals surface area contributed by atoms with Crippen molar-refractivity contribution in [3.8, 4) is 0 Å². The van der Waals surface area contributed by atoms with E-state index in [1.54, 1.807) is 6.92 Å². The lowest BCUT2D eigenvalue weighted by molar-refractivity contribution is -0.152. The number of esters is 1. The van der Waals surface area contributed by atoms with E-state index in [1.807, 2.05) is 12.4 Å². The van der Waals surface area contributed by atoms with Crippen LogP contribution in [0.1, 0.15) is 71.3 Å². The monoisotopic (exact) mass is 420 g/mol. The average molecular weight is 421 g/mol. The van der Waals surface area contributed by atoms with Crippen molar-refractivity contribution < 1.29 is 9.53 Å². The van der Waals surface area contributed by atoms with Crippen molar-refractivity contribution in [2.45, 2.75) is 77.9 Å². The van der Waals surface area contributed by atoms with Gasteiger partial charge in [-0.15, -0.1) is 0 Å². The lowest BCUT2D eigenvalue weighted by Crippen LogP contribution is -2.50. The van der Waals surface area contributed by atoms with E-state index in [0.29, 0.717) is 5.92 Å². The van der Waals surface area contributed by atoms with Crippen molar-refractivity contribution in [3.63, 3.8) is 0 Å². The maximum Gasteiger partial charge on any atom is 0.322 e. The zero-order valence-corrected chi connectivity index (χ0v) is 19.1. The van der Waals surface area contributed by atoms with E-state index in [0.717, 1.165) is 37.5 Å². The normalized spacial score (nSPS) is 40.0. The fourth-order valence-corrected chi connectivity index (χ4v) is 7.54. The molecule has 0 aromatic carbocycles. The van der Waals surface area contributed by atoms with Crippen molar-refractivity contribution >= 4 is 11.5 Å². The van der Waals surface area contributed by atoms with Crippen LogP contribution in [0.15, 0.2) is 42.3 Å². The number of aromatic nitrogens is 1. The number of fused-ring (bicyclic) bond motifs is 5. The van der Waals surface area contributed by atoms with Gasteiger partial charge in [-0.3, -0.25) is 9.78 Å². The largest absolute Gasteiger partial charge is 0.461 e. The number of hydrogen-bond acceptors (Lipinski definition) is 4. The van der Waals surface area contributed by atoms with Crippen LogP contribution < -0.4 is 5.73 Å². The van der Waals surface area contributed by atoms with Crippen molar-refractivity contribution in [3.05, 3.63) is 47.8 Å². The second-order valence-corrected chi connectivity index (χ2v) is 10.9. The molecule has 2 saturated carbocycles. The van der Waals surface area contributed by atoms with E-state index in [4.69, 9.17) is 10.5 Å². The van der Waals surface area contributed by atoms with E-state index in [-0.39, 0.29) is 22.9 Å². The zero-order chi connectivity index (χ0) is 21.8. The van der Waals surface area contributed by atoms with Crippen LogP contribution in [-0.4, -0.2) is 23.1 Å². The van der Waals surface area contributed by atoms with Gasteiger partial charge in [-0.2, -0.15) is 0 Å². The molecule has 1 aromatic rings. The second kappa shape index (κ2) is 7.58. The van der Waals surface area contributed by atoms with E-state index in [2.05, 4.69) is 43.1 Å². The number of allylic oxidation sites excluding steroid dienone is 3. The Morgan fingerprint density at radius 2 is 1.97 bits per heavy atom. The molecule has 1 heterocycles. The Labute approximate surface area is 186 Å². The van der Waals surface area contributed by atoms with E-state index >= 15 is 0 Å². The summed E-state index contributed by atoms with van der Waals surface area (Å²) in [6, 6.07) is 3.74. The van der Waals surface area contributed by atoms with Gasteiger partial charge in [0.2, 0.25) is 0 Å². The highest BCUT2D eigenvalue weighted by molar-refractivity contribution is 5.75. The Hall–Kier alpha value is -1.94. The van der Waals surface area contributed by atoms with E-state index in [1.165, 1.54) is 36.0 Å². The maximum atomic E-state index is 12.0. The van der Waals surface area contributed by atoms with Crippen LogP contribution in [0.4, 0.5) is 0 Å². The molecule has 1 unspecified atom stereocenters. The maximum absolute atomic E-state index is 12.0. The van der Waals surface area contributed by atoms with Crippen LogP contribution in [0.25, 0.3) is 5.57 Å². The first-order chi connectivity index (χ1) is 14.8. The molecular formula is C27H36N2O2. The molecule has 0 radical (unpaired) electrons. The first-order valence-electron chi connectivity index (χ1n) is 12.1. The van der Waals surface area contributed by atoms with Gasteiger partial charge >= 0.3 is 5.97 Å². The summed E-state index contributed by atoms with van der Waals surface area (Å²) >= 11 is 0. The molecule has 2 N–H and O–H groups in total. The molecule has 5 rings (SSSR count). The minimum atomic E-state index is -0.544. The lowest BCUT2D eigenvalue weighted by atomic mass is 9.47. The highest BCUT2D eigenvalue weighted by Gasteiger charge is 2.57. The molecule has 4 heteroatoms. The summed E-state index contributed by atoms with van der Waals surface area (Å²) in [6.45, 7) is 6.70. The number of nitrogens with zero attached hydrogens (tertiary/aromatic N) is 1. The van der Waals surface area contributed by atoms with Crippen molar-refractivity contribution in [1.29, 1.82) is 0 Å². The van der Waals surface area contributed by atoms with Crippen LogP contribution in [0.5, 0.6) is 0 Å². The van der Waals surface area contributed by atoms with Gasteiger partial charge in [0.15, 0.2) is 0 Å². The molecule has 0 amide bonds. The number of ether oxygens (including phenoxy) is 1. The van der Waals surface area contributed by atoms with Gasteiger partial charge in [-0.05, 0) is 91.2 Å².